The SMILES string of the molecule is CC[C@H](C(=O)NC1CCCC1)N(Cc1ccc(C)cc1)C(=O)CN(c1ccccc1)S(C)(=O)=O. The van der Waals surface area contributed by atoms with E-state index in [9.17, 15) is 18.0 Å². The van der Waals surface area contributed by atoms with Crippen LogP contribution in [0.4, 0.5) is 5.69 Å². The van der Waals surface area contributed by atoms with E-state index in [1.807, 2.05) is 38.1 Å². The first-order chi connectivity index (χ1) is 16.2. The Kier molecular flexibility index (Phi) is 8.72. The van der Waals surface area contributed by atoms with E-state index in [0.717, 1.165) is 47.4 Å². The lowest BCUT2D eigenvalue weighted by Crippen LogP contribution is -2.53. The monoisotopic (exact) mass is 485 g/mol. The molecule has 2 aromatic carbocycles. The maximum absolute atomic E-state index is 13.6. The van der Waals surface area contributed by atoms with Crippen LogP contribution in [0.15, 0.2) is 54.6 Å². The highest BCUT2D eigenvalue weighted by Gasteiger charge is 2.32. The highest BCUT2D eigenvalue weighted by atomic mass is 32.2. The van der Waals surface area contributed by atoms with Crippen LogP contribution in [-0.2, 0) is 26.2 Å². The van der Waals surface area contributed by atoms with Gasteiger partial charge in [-0.2, -0.15) is 0 Å². The molecule has 0 radical (unpaired) electrons. The van der Waals surface area contributed by atoms with Gasteiger partial charge in [0.15, 0.2) is 0 Å². The second kappa shape index (κ2) is 11.5. The van der Waals surface area contributed by atoms with Crippen molar-refractivity contribution >= 4 is 27.5 Å². The molecule has 1 saturated carbocycles. The fourth-order valence-electron chi connectivity index (χ4n) is 4.39. The average Bonchev–Trinajstić information content (AvgIpc) is 3.31. The van der Waals surface area contributed by atoms with E-state index in [-0.39, 0.29) is 25.0 Å². The number of benzene rings is 2. The lowest BCUT2D eigenvalue weighted by atomic mass is 10.1. The van der Waals surface area contributed by atoms with Crippen LogP contribution in [0.1, 0.15) is 50.2 Å². The molecule has 7 nitrogen and oxygen atoms in total. The summed E-state index contributed by atoms with van der Waals surface area (Å²) < 4.78 is 26.2. The molecule has 1 aliphatic rings. The number of sulfonamides is 1. The van der Waals surface area contributed by atoms with Crippen LogP contribution in [0, 0.1) is 6.92 Å². The van der Waals surface area contributed by atoms with Crippen molar-refractivity contribution in [1.29, 1.82) is 0 Å². The standard InChI is InChI=1S/C26H35N3O4S/c1-4-24(26(31)27-22-10-8-9-11-22)28(18-21-16-14-20(2)15-17-21)25(30)19-29(34(3,32)33)23-12-6-5-7-13-23/h5-7,12-17,22,24H,4,8-11,18-19H2,1-3H3,(H,27,31)/t24-/m1/s1. The second-order valence-corrected chi connectivity index (χ2v) is 10.9. The molecule has 1 fully saturated rings. The first-order valence-electron chi connectivity index (χ1n) is 11.9. The van der Waals surface area contributed by atoms with Gasteiger partial charge in [0.05, 0.1) is 11.9 Å². The van der Waals surface area contributed by atoms with Gasteiger partial charge >= 0.3 is 0 Å². The minimum atomic E-state index is -3.71. The van der Waals surface area contributed by atoms with Gasteiger partial charge in [0, 0.05) is 12.6 Å². The minimum absolute atomic E-state index is 0.134. The molecule has 2 amide bonds. The van der Waals surface area contributed by atoms with Gasteiger partial charge in [-0.05, 0) is 43.9 Å². The summed E-state index contributed by atoms with van der Waals surface area (Å²) in [4.78, 5) is 28.4. The van der Waals surface area contributed by atoms with Gasteiger partial charge < -0.3 is 10.2 Å². The van der Waals surface area contributed by atoms with Gasteiger partial charge in [-0.25, -0.2) is 8.42 Å². The van der Waals surface area contributed by atoms with Crippen molar-refractivity contribution in [2.24, 2.45) is 0 Å². The van der Waals surface area contributed by atoms with E-state index in [0.29, 0.717) is 12.1 Å². The molecule has 0 saturated heterocycles. The maximum atomic E-state index is 13.6. The Morgan fingerprint density at radius 3 is 2.21 bits per heavy atom. The summed E-state index contributed by atoms with van der Waals surface area (Å²) in [5, 5.41) is 3.11. The number of nitrogens with one attached hydrogen (secondary N) is 1. The minimum Gasteiger partial charge on any atom is -0.352 e. The van der Waals surface area contributed by atoms with Crippen LogP contribution < -0.4 is 9.62 Å². The Hall–Kier alpha value is -2.87. The van der Waals surface area contributed by atoms with Crippen LogP contribution >= 0.6 is 0 Å². The van der Waals surface area contributed by atoms with E-state index in [2.05, 4.69) is 5.32 Å². The molecule has 184 valence electrons. The number of carbonyl (C=O) groups excluding carboxylic acids is 2. The third-order valence-corrected chi connectivity index (χ3v) is 7.42. The fourth-order valence-corrected chi connectivity index (χ4v) is 5.23. The molecule has 1 N–H and O–H groups in total. The van der Waals surface area contributed by atoms with E-state index in [1.54, 1.807) is 30.3 Å². The number of carbonyl (C=O) groups is 2. The zero-order chi connectivity index (χ0) is 24.7. The molecule has 0 aromatic heterocycles. The molecule has 0 unspecified atom stereocenters. The number of anilines is 1. The molecule has 0 heterocycles. The summed E-state index contributed by atoms with van der Waals surface area (Å²) in [6.45, 7) is 3.71. The van der Waals surface area contributed by atoms with Gasteiger partial charge in [-0.3, -0.25) is 13.9 Å². The maximum Gasteiger partial charge on any atom is 0.244 e. The number of amides is 2. The van der Waals surface area contributed by atoms with E-state index >= 15 is 0 Å². The molecule has 2 aromatic rings. The highest BCUT2D eigenvalue weighted by Crippen LogP contribution is 2.21. The van der Waals surface area contributed by atoms with Crippen LogP contribution in [0.25, 0.3) is 0 Å². The van der Waals surface area contributed by atoms with E-state index in [1.165, 1.54) is 4.90 Å². The van der Waals surface area contributed by atoms with Crippen molar-refractivity contribution in [3.8, 4) is 0 Å². The number of hydrogen-bond acceptors (Lipinski definition) is 4. The number of hydrogen-bond donors (Lipinski definition) is 1. The van der Waals surface area contributed by atoms with Crippen LogP contribution in [0.5, 0.6) is 0 Å². The highest BCUT2D eigenvalue weighted by molar-refractivity contribution is 7.92. The van der Waals surface area contributed by atoms with Gasteiger partial charge in [0.25, 0.3) is 0 Å². The Morgan fingerprint density at radius 1 is 1.03 bits per heavy atom. The normalized spacial score (nSPS) is 15.0. The topological polar surface area (TPSA) is 86.8 Å². The zero-order valence-electron chi connectivity index (χ0n) is 20.2. The fraction of sp³-hybridized carbons (Fsp3) is 0.462. The van der Waals surface area contributed by atoms with Gasteiger partial charge in [-0.1, -0.05) is 67.8 Å². The van der Waals surface area contributed by atoms with Crippen molar-refractivity contribution in [3.05, 3.63) is 65.7 Å². The Balaban J connectivity index is 1.89. The summed E-state index contributed by atoms with van der Waals surface area (Å²) in [5.74, 6) is -0.594. The molecular formula is C26H35N3O4S. The first kappa shape index (κ1) is 25.7. The van der Waals surface area contributed by atoms with Gasteiger partial charge in [0.2, 0.25) is 21.8 Å². The molecule has 0 bridgehead atoms. The Bertz CT molecular complexity index is 1060. The molecule has 8 heteroatoms. The molecule has 0 aliphatic heterocycles. The molecular weight excluding hydrogens is 450 g/mol. The predicted octanol–water partition coefficient (Wildman–Crippen LogP) is 3.63. The van der Waals surface area contributed by atoms with Crippen molar-refractivity contribution in [2.45, 2.75) is 64.6 Å². The molecule has 0 spiro atoms. The largest absolute Gasteiger partial charge is 0.352 e. The summed E-state index contributed by atoms with van der Waals surface area (Å²) >= 11 is 0. The molecule has 34 heavy (non-hydrogen) atoms. The van der Waals surface area contributed by atoms with E-state index < -0.39 is 22.0 Å². The molecule has 1 aliphatic carbocycles. The number of nitrogens with zero attached hydrogens (tertiary/aromatic N) is 2. The first-order valence-corrected chi connectivity index (χ1v) is 13.7. The smallest absolute Gasteiger partial charge is 0.244 e. The van der Waals surface area contributed by atoms with Crippen molar-refractivity contribution < 1.29 is 18.0 Å². The number of rotatable bonds is 10. The third-order valence-electron chi connectivity index (χ3n) is 6.28. The predicted molar refractivity (Wildman–Crippen MR) is 135 cm³/mol. The average molecular weight is 486 g/mol. The van der Waals surface area contributed by atoms with Crippen molar-refractivity contribution in [3.63, 3.8) is 0 Å². The summed E-state index contributed by atoms with van der Waals surface area (Å²) in [7, 11) is -3.71. The quantitative estimate of drug-likeness (QED) is 0.557. The summed E-state index contributed by atoms with van der Waals surface area (Å²) in [5.41, 5.74) is 2.40. The number of para-hydroxylation sites is 1. The van der Waals surface area contributed by atoms with Gasteiger partial charge in [0.1, 0.15) is 12.6 Å². The molecule has 3 rings (SSSR count). The summed E-state index contributed by atoms with van der Waals surface area (Å²) in [6, 6.07) is 15.8. The van der Waals surface area contributed by atoms with Crippen LogP contribution in [0.2, 0.25) is 0 Å². The number of aryl methyl sites for hydroxylation is 1. The van der Waals surface area contributed by atoms with E-state index in [4.69, 9.17) is 0 Å². The molecule has 1 atom stereocenters. The van der Waals surface area contributed by atoms with Gasteiger partial charge in [-0.15, -0.1) is 0 Å². The summed E-state index contributed by atoms with van der Waals surface area (Å²) in [6.07, 6.45) is 5.60. The zero-order valence-corrected chi connectivity index (χ0v) is 21.1. The Morgan fingerprint density at radius 2 is 1.65 bits per heavy atom. The van der Waals surface area contributed by atoms with Crippen molar-refractivity contribution in [2.75, 3.05) is 17.1 Å². The van der Waals surface area contributed by atoms with Crippen molar-refractivity contribution in [1.82, 2.24) is 10.2 Å². The van der Waals surface area contributed by atoms with Crippen LogP contribution in [-0.4, -0.2) is 50.0 Å². The third kappa shape index (κ3) is 6.82. The second-order valence-electron chi connectivity index (χ2n) is 9.03. The lowest BCUT2D eigenvalue weighted by molar-refractivity contribution is -0.140. The van der Waals surface area contributed by atoms with Crippen LogP contribution in [0.3, 0.4) is 0 Å². The lowest BCUT2D eigenvalue weighted by Gasteiger charge is -2.33. The Labute approximate surface area is 203 Å².